The lowest BCUT2D eigenvalue weighted by atomic mass is 10.1. The third-order valence-electron chi connectivity index (χ3n) is 4.65. The van der Waals surface area contributed by atoms with Gasteiger partial charge in [0.25, 0.3) is 5.91 Å². The molecule has 0 aliphatic carbocycles. The summed E-state index contributed by atoms with van der Waals surface area (Å²) in [5, 5.41) is 13.0. The highest BCUT2D eigenvalue weighted by Crippen LogP contribution is 2.28. The van der Waals surface area contributed by atoms with Gasteiger partial charge in [0.1, 0.15) is 12.4 Å². The third kappa shape index (κ3) is 6.83. The molecule has 0 heterocycles. The normalized spacial score (nSPS) is 10.6. The number of rotatable bonds is 11. The molecular formula is C26H26N2O6. The Balaban J connectivity index is 1.58. The van der Waals surface area contributed by atoms with E-state index in [-0.39, 0.29) is 18.1 Å². The molecule has 176 valence electrons. The van der Waals surface area contributed by atoms with Crippen LogP contribution in [-0.2, 0) is 6.61 Å². The van der Waals surface area contributed by atoms with Gasteiger partial charge in [0.05, 0.1) is 25.0 Å². The Hall–Kier alpha value is -4.33. The zero-order valence-electron chi connectivity index (χ0n) is 19.0. The van der Waals surface area contributed by atoms with E-state index in [1.165, 1.54) is 18.3 Å². The lowest BCUT2D eigenvalue weighted by Crippen LogP contribution is -2.17. The van der Waals surface area contributed by atoms with Crippen molar-refractivity contribution in [2.75, 3.05) is 13.2 Å². The number of hydrogen-bond donors (Lipinski definition) is 2. The molecular weight excluding hydrogens is 436 g/mol. The van der Waals surface area contributed by atoms with Gasteiger partial charge in [0.2, 0.25) is 0 Å². The SMILES string of the molecule is CCOc1ccc(C(=O)N/N=C/c2cccc(OCc3ccc(C(=O)O)cc3)c2)cc1OCC. The summed E-state index contributed by atoms with van der Waals surface area (Å²) in [5.41, 5.74) is 4.71. The molecule has 8 heteroatoms. The van der Waals surface area contributed by atoms with Gasteiger partial charge in [0.15, 0.2) is 11.5 Å². The third-order valence-corrected chi connectivity index (χ3v) is 4.65. The van der Waals surface area contributed by atoms with Crippen LogP contribution < -0.4 is 19.6 Å². The maximum absolute atomic E-state index is 12.5. The first-order valence-corrected chi connectivity index (χ1v) is 10.8. The average molecular weight is 463 g/mol. The number of carboxylic acid groups (broad SMARTS) is 1. The van der Waals surface area contributed by atoms with E-state index in [0.717, 1.165) is 11.1 Å². The van der Waals surface area contributed by atoms with Crippen LogP contribution in [0.15, 0.2) is 71.8 Å². The number of nitrogens with zero attached hydrogens (tertiary/aromatic N) is 1. The van der Waals surface area contributed by atoms with E-state index in [9.17, 15) is 9.59 Å². The van der Waals surface area contributed by atoms with Crippen LogP contribution in [0.25, 0.3) is 0 Å². The quantitative estimate of drug-likeness (QED) is 0.320. The molecule has 0 aromatic heterocycles. The smallest absolute Gasteiger partial charge is 0.335 e. The van der Waals surface area contributed by atoms with Crippen LogP contribution in [0, 0.1) is 0 Å². The predicted molar refractivity (Wildman–Crippen MR) is 128 cm³/mol. The highest BCUT2D eigenvalue weighted by Gasteiger charge is 2.11. The Morgan fingerprint density at radius 1 is 0.882 bits per heavy atom. The van der Waals surface area contributed by atoms with E-state index in [1.54, 1.807) is 42.5 Å². The van der Waals surface area contributed by atoms with Crippen molar-refractivity contribution < 1.29 is 28.9 Å². The molecule has 3 rings (SSSR count). The van der Waals surface area contributed by atoms with E-state index in [1.807, 2.05) is 26.0 Å². The van der Waals surface area contributed by atoms with Gasteiger partial charge in [-0.1, -0.05) is 24.3 Å². The van der Waals surface area contributed by atoms with Crippen LogP contribution in [0.4, 0.5) is 0 Å². The molecule has 2 N–H and O–H groups in total. The van der Waals surface area contributed by atoms with Gasteiger partial charge < -0.3 is 19.3 Å². The number of carbonyl (C=O) groups is 2. The summed E-state index contributed by atoms with van der Waals surface area (Å²) in [5.74, 6) is 0.356. The minimum absolute atomic E-state index is 0.225. The number of amides is 1. The maximum Gasteiger partial charge on any atom is 0.335 e. The van der Waals surface area contributed by atoms with Crippen molar-refractivity contribution >= 4 is 18.1 Å². The number of hydrazone groups is 1. The first-order chi connectivity index (χ1) is 16.5. The number of benzene rings is 3. The summed E-state index contributed by atoms with van der Waals surface area (Å²) >= 11 is 0. The van der Waals surface area contributed by atoms with Gasteiger partial charge in [-0.2, -0.15) is 5.10 Å². The van der Waals surface area contributed by atoms with Gasteiger partial charge in [0, 0.05) is 5.56 Å². The number of ether oxygens (including phenoxy) is 3. The van der Waals surface area contributed by atoms with Crippen molar-refractivity contribution in [1.82, 2.24) is 5.43 Å². The van der Waals surface area contributed by atoms with Gasteiger partial charge in [-0.3, -0.25) is 4.79 Å². The number of hydrogen-bond acceptors (Lipinski definition) is 6. The van der Waals surface area contributed by atoms with Crippen LogP contribution in [0.5, 0.6) is 17.2 Å². The Morgan fingerprint density at radius 2 is 1.59 bits per heavy atom. The van der Waals surface area contributed by atoms with Crippen LogP contribution in [0.3, 0.4) is 0 Å². The lowest BCUT2D eigenvalue weighted by Gasteiger charge is -2.11. The number of carbonyl (C=O) groups excluding carboxylic acids is 1. The molecule has 0 saturated carbocycles. The summed E-state index contributed by atoms with van der Waals surface area (Å²) in [6.45, 7) is 4.98. The second-order valence-electron chi connectivity index (χ2n) is 7.09. The van der Waals surface area contributed by atoms with Gasteiger partial charge in [-0.05, 0) is 67.4 Å². The summed E-state index contributed by atoms with van der Waals surface area (Å²) in [6.07, 6.45) is 1.52. The Kier molecular flexibility index (Phi) is 8.62. The first kappa shape index (κ1) is 24.3. The van der Waals surface area contributed by atoms with Gasteiger partial charge in [-0.15, -0.1) is 0 Å². The Labute approximate surface area is 197 Å². The maximum atomic E-state index is 12.5. The monoisotopic (exact) mass is 462 g/mol. The second kappa shape index (κ2) is 12.1. The summed E-state index contributed by atoms with van der Waals surface area (Å²) in [7, 11) is 0. The fourth-order valence-electron chi connectivity index (χ4n) is 3.02. The predicted octanol–water partition coefficient (Wildman–Crippen LogP) is 4.53. The van der Waals surface area contributed by atoms with Crippen molar-refractivity contribution in [1.29, 1.82) is 0 Å². The zero-order chi connectivity index (χ0) is 24.3. The highest BCUT2D eigenvalue weighted by molar-refractivity contribution is 5.95. The highest BCUT2D eigenvalue weighted by atomic mass is 16.5. The fraction of sp³-hybridized carbons (Fsp3) is 0.192. The minimum Gasteiger partial charge on any atom is -0.490 e. The van der Waals surface area contributed by atoms with E-state index in [4.69, 9.17) is 19.3 Å². The molecule has 8 nitrogen and oxygen atoms in total. The average Bonchev–Trinajstić information content (AvgIpc) is 2.84. The molecule has 0 bridgehead atoms. The molecule has 1 amide bonds. The van der Waals surface area contributed by atoms with Crippen molar-refractivity contribution in [3.05, 3.63) is 89.0 Å². The van der Waals surface area contributed by atoms with Gasteiger partial charge >= 0.3 is 5.97 Å². The van der Waals surface area contributed by atoms with Crippen molar-refractivity contribution in [2.45, 2.75) is 20.5 Å². The molecule has 0 atom stereocenters. The molecule has 3 aromatic carbocycles. The van der Waals surface area contributed by atoms with Crippen LogP contribution in [0.1, 0.15) is 45.7 Å². The minimum atomic E-state index is -0.969. The van der Waals surface area contributed by atoms with Crippen molar-refractivity contribution in [3.8, 4) is 17.2 Å². The summed E-state index contributed by atoms with van der Waals surface area (Å²) in [6, 6.07) is 18.7. The van der Waals surface area contributed by atoms with Gasteiger partial charge in [-0.25, -0.2) is 10.2 Å². The molecule has 0 saturated heterocycles. The topological polar surface area (TPSA) is 106 Å². The molecule has 34 heavy (non-hydrogen) atoms. The fourth-order valence-corrected chi connectivity index (χ4v) is 3.02. The molecule has 3 aromatic rings. The van der Waals surface area contributed by atoms with E-state index in [0.29, 0.717) is 36.0 Å². The van der Waals surface area contributed by atoms with E-state index in [2.05, 4.69) is 10.5 Å². The zero-order valence-corrected chi connectivity index (χ0v) is 19.0. The largest absolute Gasteiger partial charge is 0.490 e. The number of carboxylic acids is 1. The summed E-state index contributed by atoms with van der Waals surface area (Å²) < 4.78 is 16.8. The van der Waals surface area contributed by atoms with Crippen molar-refractivity contribution in [3.63, 3.8) is 0 Å². The van der Waals surface area contributed by atoms with Crippen LogP contribution >= 0.6 is 0 Å². The standard InChI is InChI=1S/C26H26N2O6/c1-3-32-23-13-12-21(15-24(23)33-4-2)25(29)28-27-16-19-6-5-7-22(14-19)34-17-18-8-10-20(11-9-18)26(30)31/h5-16H,3-4,17H2,1-2H3,(H,28,29)(H,30,31)/b27-16+. The van der Waals surface area contributed by atoms with Crippen molar-refractivity contribution in [2.24, 2.45) is 5.10 Å². The van der Waals surface area contributed by atoms with E-state index < -0.39 is 5.97 Å². The number of nitrogens with one attached hydrogen (secondary N) is 1. The lowest BCUT2D eigenvalue weighted by molar-refractivity contribution is 0.0696. The molecule has 0 radical (unpaired) electrons. The Bertz CT molecular complexity index is 1160. The molecule has 0 fully saturated rings. The van der Waals surface area contributed by atoms with E-state index >= 15 is 0 Å². The molecule has 0 unspecified atom stereocenters. The molecule has 0 spiro atoms. The van der Waals surface area contributed by atoms with Crippen LogP contribution in [0.2, 0.25) is 0 Å². The second-order valence-corrected chi connectivity index (χ2v) is 7.09. The molecule has 0 aliphatic heterocycles. The van der Waals surface area contributed by atoms with Crippen LogP contribution in [-0.4, -0.2) is 36.4 Å². The Morgan fingerprint density at radius 3 is 2.29 bits per heavy atom. The summed E-state index contributed by atoms with van der Waals surface area (Å²) in [4.78, 5) is 23.4. The number of aromatic carboxylic acids is 1. The first-order valence-electron chi connectivity index (χ1n) is 10.8. The molecule has 0 aliphatic rings.